The number of H-pyrrole nitrogens is 1. The molecule has 0 aliphatic carbocycles. The SMILES string of the molecule is CC(C)C[C@H](N)C(=O)N[C@H](C(=O)N[C@@H](Cc1c[nH]c2ccccc12)C(=O)N[C@@H](CO)C(=O)N[C@@H](CS)C(N)=O)[C@@H](C)O. The standard InChI is InChI=1S/C27H41N7O7S/c1-13(2)8-17(28)24(38)34-22(14(3)36)27(41)31-19(9-15-10-30-18-7-5-4-6-16(15)18)25(39)32-20(11-35)26(40)33-21(12-42)23(29)37/h4-7,10,13-14,17,19-22,30,35-36,42H,8-9,11-12,28H2,1-3H3,(H2,29,37)(H,31,41)(H,32,39)(H,33,40)(H,34,38)/t14-,17+,19+,20+,21+,22+/m1/s1. The van der Waals surface area contributed by atoms with E-state index >= 15 is 0 Å². The molecule has 0 aliphatic rings. The lowest BCUT2D eigenvalue weighted by atomic mass is 10.0. The first kappa shape index (κ1) is 34.5. The second-order valence-corrected chi connectivity index (χ2v) is 10.8. The second-order valence-electron chi connectivity index (χ2n) is 10.5. The van der Waals surface area contributed by atoms with Gasteiger partial charge < -0.3 is 47.9 Å². The van der Waals surface area contributed by atoms with Gasteiger partial charge in [-0.15, -0.1) is 0 Å². The van der Waals surface area contributed by atoms with Gasteiger partial charge in [0.1, 0.15) is 24.2 Å². The van der Waals surface area contributed by atoms with Crippen LogP contribution in [0.4, 0.5) is 0 Å². The molecular weight excluding hydrogens is 566 g/mol. The molecule has 1 heterocycles. The summed E-state index contributed by atoms with van der Waals surface area (Å²) in [6.07, 6.45) is 0.603. The topological polar surface area (TPSA) is 242 Å². The third kappa shape index (κ3) is 9.72. The fraction of sp³-hybridized carbons (Fsp3) is 0.519. The number of fused-ring (bicyclic) bond motifs is 1. The monoisotopic (exact) mass is 607 g/mol. The van der Waals surface area contributed by atoms with E-state index in [0.717, 1.165) is 10.9 Å². The lowest BCUT2D eigenvalue weighted by Gasteiger charge is -2.27. The molecule has 0 spiro atoms. The molecule has 0 saturated carbocycles. The Bertz CT molecular complexity index is 1250. The zero-order chi connectivity index (χ0) is 31.6. The fourth-order valence-corrected chi connectivity index (χ4v) is 4.49. The van der Waals surface area contributed by atoms with Crippen LogP contribution in [0.15, 0.2) is 30.5 Å². The summed E-state index contributed by atoms with van der Waals surface area (Å²) < 4.78 is 0. The molecule has 0 bridgehead atoms. The lowest BCUT2D eigenvalue weighted by Crippen LogP contribution is -2.61. The summed E-state index contributed by atoms with van der Waals surface area (Å²) in [7, 11) is 0. The highest BCUT2D eigenvalue weighted by molar-refractivity contribution is 7.80. The molecule has 0 aliphatic heterocycles. The number of aromatic nitrogens is 1. The number of rotatable bonds is 16. The van der Waals surface area contributed by atoms with Crippen molar-refractivity contribution in [2.75, 3.05) is 12.4 Å². The van der Waals surface area contributed by atoms with Gasteiger partial charge in [0.15, 0.2) is 0 Å². The van der Waals surface area contributed by atoms with Gasteiger partial charge in [-0.1, -0.05) is 32.0 Å². The highest BCUT2D eigenvalue weighted by Crippen LogP contribution is 2.19. The number of para-hydroxylation sites is 1. The van der Waals surface area contributed by atoms with Crippen molar-refractivity contribution in [2.24, 2.45) is 17.4 Å². The van der Waals surface area contributed by atoms with E-state index in [1.54, 1.807) is 12.3 Å². The fourth-order valence-electron chi connectivity index (χ4n) is 4.22. The number of carbonyl (C=O) groups excluding carboxylic acids is 5. The Morgan fingerprint density at radius 2 is 1.50 bits per heavy atom. The van der Waals surface area contributed by atoms with E-state index in [1.165, 1.54) is 6.92 Å². The first-order valence-electron chi connectivity index (χ1n) is 13.5. The molecule has 0 saturated heterocycles. The molecule has 2 rings (SSSR count). The molecule has 42 heavy (non-hydrogen) atoms. The van der Waals surface area contributed by atoms with Gasteiger partial charge in [0.05, 0.1) is 18.8 Å². The number of carbonyl (C=O) groups is 5. The number of aliphatic hydroxyl groups is 2. The number of thiol groups is 1. The van der Waals surface area contributed by atoms with Gasteiger partial charge in [0, 0.05) is 29.3 Å². The smallest absolute Gasteiger partial charge is 0.245 e. The molecule has 6 atom stereocenters. The second kappa shape index (κ2) is 16.1. The average Bonchev–Trinajstić information content (AvgIpc) is 3.34. The number of benzene rings is 1. The van der Waals surface area contributed by atoms with Crippen LogP contribution in [0.25, 0.3) is 10.9 Å². The number of primary amides is 1. The van der Waals surface area contributed by atoms with Crippen LogP contribution in [0, 0.1) is 5.92 Å². The van der Waals surface area contributed by atoms with Gasteiger partial charge in [-0.05, 0) is 30.9 Å². The van der Waals surface area contributed by atoms with Crippen molar-refractivity contribution >= 4 is 53.1 Å². The minimum atomic E-state index is -1.50. The summed E-state index contributed by atoms with van der Waals surface area (Å²) in [5.41, 5.74) is 12.6. The quantitative estimate of drug-likeness (QED) is 0.0938. The number of nitrogens with two attached hydrogens (primary N) is 2. The maximum Gasteiger partial charge on any atom is 0.245 e. The Balaban J connectivity index is 2.31. The zero-order valence-corrected chi connectivity index (χ0v) is 24.7. The van der Waals surface area contributed by atoms with Gasteiger partial charge in [-0.3, -0.25) is 24.0 Å². The minimum absolute atomic E-state index is 0.0603. The molecule has 232 valence electrons. The molecule has 15 heteroatoms. The number of hydrogen-bond acceptors (Lipinski definition) is 9. The van der Waals surface area contributed by atoms with Crippen LogP contribution in [0.3, 0.4) is 0 Å². The molecule has 2 aromatic rings. The summed E-state index contributed by atoms with van der Waals surface area (Å²) in [6, 6.07) is 0.935. The highest BCUT2D eigenvalue weighted by Gasteiger charge is 2.33. The molecule has 5 amide bonds. The van der Waals surface area contributed by atoms with Crippen molar-refractivity contribution in [3.8, 4) is 0 Å². The molecule has 1 aromatic heterocycles. The van der Waals surface area contributed by atoms with Gasteiger partial charge in [0.25, 0.3) is 0 Å². The number of aromatic amines is 1. The molecule has 1 aromatic carbocycles. The van der Waals surface area contributed by atoms with E-state index in [9.17, 15) is 34.2 Å². The molecular formula is C27H41N7O7S. The third-order valence-electron chi connectivity index (χ3n) is 6.51. The van der Waals surface area contributed by atoms with Gasteiger partial charge in [-0.2, -0.15) is 12.6 Å². The van der Waals surface area contributed by atoms with E-state index in [-0.39, 0.29) is 18.1 Å². The van der Waals surface area contributed by atoms with Gasteiger partial charge in [-0.25, -0.2) is 0 Å². The van der Waals surface area contributed by atoms with Crippen LogP contribution in [-0.4, -0.2) is 93.4 Å². The van der Waals surface area contributed by atoms with Crippen LogP contribution in [0.1, 0.15) is 32.8 Å². The van der Waals surface area contributed by atoms with Crippen LogP contribution in [0.5, 0.6) is 0 Å². The first-order chi connectivity index (χ1) is 19.8. The molecule has 0 unspecified atom stereocenters. The van der Waals surface area contributed by atoms with Gasteiger partial charge >= 0.3 is 0 Å². The summed E-state index contributed by atoms with van der Waals surface area (Å²) in [5.74, 6) is -4.12. The summed E-state index contributed by atoms with van der Waals surface area (Å²) in [5, 5.41) is 30.6. The van der Waals surface area contributed by atoms with E-state index in [4.69, 9.17) is 11.5 Å². The Morgan fingerprint density at radius 1 is 0.905 bits per heavy atom. The Morgan fingerprint density at radius 3 is 2.07 bits per heavy atom. The number of nitrogens with one attached hydrogen (secondary N) is 5. The normalized spacial score (nSPS) is 15.6. The summed E-state index contributed by atoms with van der Waals surface area (Å²) in [6.45, 7) is 4.23. The van der Waals surface area contributed by atoms with E-state index in [0.29, 0.717) is 12.0 Å². The van der Waals surface area contributed by atoms with Crippen LogP contribution >= 0.6 is 12.6 Å². The molecule has 0 fully saturated rings. The van der Waals surface area contributed by atoms with Crippen molar-refractivity contribution in [1.82, 2.24) is 26.3 Å². The first-order valence-corrected chi connectivity index (χ1v) is 14.1. The highest BCUT2D eigenvalue weighted by atomic mass is 32.1. The molecule has 0 radical (unpaired) electrons. The minimum Gasteiger partial charge on any atom is -0.394 e. The van der Waals surface area contributed by atoms with Gasteiger partial charge in [0.2, 0.25) is 29.5 Å². The van der Waals surface area contributed by atoms with Crippen molar-refractivity contribution in [3.63, 3.8) is 0 Å². The van der Waals surface area contributed by atoms with Crippen molar-refractivity contribution < 1.29 is 34.2 Å². The Hall–Kier alpha value is -3.66. The largest absolute Gasteiger partial charge is 0.394 e. The number of amides is 5. The summed E-state index contributed by atoms with van der Waals surface area (Å²) in [4.78, 5) is 66.6. The Kier molecular flexibility index (Phi) is 13.2. The summed E-state index contributed by atoms with van der Waals surface area (Å²) >= 11 is 3.96. The van der Waals surface area contributed by atoms with Crippen molar-refractivity contribution in [2.45, 2.75) is 69.9 Å². The number of hydrogen-bond donors (Lipinski definition) is 10. The van der Waals surface area contributed by atoms with E-state index in [1.807, 2.05) is 32.0 Å². The van der Waals surface area contributed by atoms with Crippen LogP contribution in [0.2, 0.25) is 0 Å². The molecule has 14 nitrogen and oxygen atoms in total. The predicted molar refractivity (Wildman–Crippen MR) is 159 cm³/mol. The van der Waals surface area contributed by atoms with Crippen LogP contribution in [-0.2, 0) is 30.4 Å². The Labute approximate surface area is 249 Å². The van der Waals surface area contributed by atoms with Crippen LogP contribution < -0.4 is 32.7 Å². The average molecular weight is 608 g/mol. The number of aliphatic hydroxyl groups excluding tert-OH is 2. The maximum absolute atomic E-state index is 13.4. The van der Waals surface area contributed by atoms with E-state index < -0.39 is 72.5 Å². The van der Waals surface area contributed by atoms with Crippen molar-refractivity contribution in [1.29, 1.82) is 0 Å². The van der Waals surface area contributed by atoms with E-state index in [2.05, 4.69) is 38.9 Å². The lowest BCUT2D eigenvalue weighted by molar-refractivity contribution is -0.136. The maximum atomic E-state index is 13.4. The zero-order valence-electron chi connectivity index (χ0n) is 23.8. The third-order valence-corrected chi connectivity index (χ3v) is 6.88. The molecule has 11 N–H and O–H groups in total. The predicted octanol–water partition coefficient (Wildman–Crippen LogP) is -2.19. The van der Waals surface area contributed by atoms with Crippen molar-refractivity contribution in [3.05, 3.63) is 36.0 Å².